The number of rotatable bonds is 5. The van der Waals surface area contributed by atoms with Gasteiger partial charge in [-0.3, -0.25) is 10.00 Å². The Kier molecular flexibility index (Phi) is 4.54. The highest BCUT2D eigenvalue weighted by atomic mass is 32.2. The number of aromatic nitrogens is 4. The molecule has 0 saturated carbocycles. The fourth-order valence-electron chi connectivity index (χ4n) is 3.27. The van der Waals surface area contributed by atoms with Gasteiger partial charge in [-0.05, 0) is 31.7 Å². The third-order valence-electron chi connectivity index (χ3n) is 4.46. The first-order valence-electron chi connectivity index (χ1n) is 7.84. The molecule has 0 aromatic carbocycles. The molecule has 1 atom stereocenters. The predicted molar refractivity (Wildman–Crippen MR) is 86.6 cm³/mol. The molecule has 0 spiro atoms. The highest BCUT2D eigenvalue weighted by molar-refractivity contribution is 7.90. The van der Waals surface area contributed by atoms with Crippen LogP contribution in [0.2, 0.25) is 0 Å². The van der Waals surface area contributed by atoms with E-state index in [0.717, 1.165) is 50.4 Å². The molecule has 2 aromatic heterocycles. The summed E-state index contributed by atoms with van der Waals surface area (Å²) in [5.74, 6) is 1.49. The van der Waals surface area contributed by atoms with Crippen LogP contribution < -0.4 is 0 Å². The zero-order chi connectivity index (χ0) is 16.4. The summed E-state index contributed by atoms with van der Waals surface area (Å²) in [6.07, 6.45) is 9.38. The Labute approximate surface area is 136 Å². The molecule has 7 nitrogen and oxygen atoms in total. The predicted octanol–water partition coefficient (Wildman–Crippen LogP) is 1.00. The van der Waals surface area contributed by atoms with Crippen molar-refractivity contribution in [3.8, 4) is 0 Å². The number of nitrogens with zero attached hydrogens (tertiary/aromatic N) is 4. The zero-order valence-electron chi connectivity index (χ0n) is 13.6. The number of hydrogen-bond acceptors (Lipinski definition) is 5. The average Bonchev–Trinajstić information content (AvgIpc) is 3.09. The first-order valence-corrected chi connectivity index (χ1v) is 9.73. The van der Waals surface area contributed by atoms with Crippen molar-refractivity contribution in [2.24, 2.45) is 13.0 Å². The number of piperidine rings is 1. The molecule has 23 heavy (non-hydrogen) atoms. The maximum atomic E-state index is 11.8. The Bertz CT molecular complexity index is 764. The molecule has 0 radical (unpaired) electrons. The van der Waals surface area contributed by atoms with E-state index in [4.69, 9.17) is 0 Å². The summed E-state index contributed by atoms with van der Waals surface area (Å²) in [6.45, 7) is 2.85. The average molecular weight is 337 g/mol. The van der Waals surface area contributed by atoms with E-state index in [1.807, 2.05) is 24.0 Å². The lowest BCUT2D eigenvalue weighted by Gasteiger charge is -2.32. The topological polar surface area (TPSA) is 83.9 Å². The van der Waals surface area contributed by atoms with Crippen molar-refractivity contribution in [3.05, 3.63) is 30.1 Å². The molecule has 1 N–H and O–H groups in total. The number of hydrogen-bond donors (Lipinski definition) is 1. The summed E-state index contributed by atoms with van der Waals surface area (Å²) in [6, 6.07) is 0. The van der Waals surface area contributed by atoms with E-state index in [0.29, 0.717) is 10.8 Å². The van der Waals surface area contributed by atoms with E-state index >= 15 is 0 Å². The van der Waals surface area contributed by atoms with Gasteiger partial charge in [0.05, 0.1) is 18.4 Å². The van der Waals surface area contributed by atoms with Crippen molar-refractivity contribution in [2.45, 2.75) is 30.7 Å². The number of imidazole rings is 1. The van der Waals surface area contributed by atoms with Crippen molar-refractivity contribution in [1.29, 1.82) is 0 Å². The van der Waals surface area contributed by atoms with Gasteiger partial charge in [-0.25, -0.2) is 13.4 Å². The minimum absolute atomic E-state index is 0.332. The first kappa shape index (κ1) is 16.2. The Balaban J connectivity index is 1.65. The quantitative estimate of drug-likeness (QED) is 0.880. The number of sulfone groups is 1. The van der Waals surface area contributed by atoms with E-state index in [9.17, 15) is 8.42 Å². The van der Waals surface area contributed by atoms with Crippen LogP contribution in [0.4, 0.5) is 0 Å². The molecule has 0 bridgehead atoms. The monoisotopic (exact) mass is 337 g/mol. The van der Waals surface area contributed by atoms with Crippen LogP contribution >= 0.6 is 0 Å². The Morgan fingerprint density at radius 1 is 1.43 bits per heavy atom. The van der Waals surface area contributed by atoms with Crippen LogP contribution in [-0.2, 0) is 29.9 Å². The van der Waals surface area contributed by atoms with E-state index in [2.05, 4.69) is 20.1 Å². The van der Waals surface area contributed by atoms with Gasteiger partial charge < -0.3 is 4.57 Å². The third-order valence-corrected chi connectivity index (χ3v) is 5.61. The molecule has 3 rings (SSSR count). The highest BCUT2D eigenvalue weighted by Gasteiger charge is 2.24. The van der Waals surface area contributed by atoms with E-state index in [1.165, 1.54) is 12.5 Å². The van der Waals surface area contributed by atoms with Crippen LogP contribution in [-0.4, -0.2) is 52.4 Å². The second kappa shape index (κ2) is 6.45. The second-order valence-electron chi connectivity index (χ2n) is 6.39. The molecule has 1 aliphatic heterocycles. The maximum absolute atomic E-state index is 11.8. The molecule has 0 amide bonds. The normalized spacial score (nSPS) is 20.0. The fraction of sp³-hybridized carbons (Fsp3) is 0.600. The maximum Gasteiger partial charge on any atom is 0.178 e. The molecule has 8 heteroatoms. The molecular weight excluding hydrogens is 314 g/mol. The minimum atomic E-state index is -3.22. The van der Waals surface area contributed by atoms with E-state index < -0.39 is 9.84 Å². The summed E-state index contributed by atoms with van der Waals surface area (Å²) in [5, 5.41) is 6.78. The standard InChI is InChI=1S/C15H23N5O2S/c1-19-7-5-16-15(19)11-20-6-3-4-12(10-20)8-13-14(9-17-18-13)23(2,21)22/h5,7,9,12H,3-4,6,8,10-11H2,1-2H3,(H,17,18)/t12-/m1/s1. The van der Waals surface area contributed by atoms with Crippen LogP contribution in [0.25, 0.3) is 0 Å². The van der Waals surface area contributed by atoms with Crippen LogP contribution in [0.3, 0.4) is 0 Å². The van der Waals surface area contributed by atoms with Gasteiger partial charge in [0, 0.05) is 32.2 Å². The van der Waals surface area contributed by atoms with Gasteiger partial charge in [-0.2, -0.15) is 5.10 Å². The number of likely N-dealkylation sites (tertiary alicyclic amines) is 1. The van der Waals surface area contributed by atoms with Crippen LogP contribution in [0.1, 0.15) is 24.4 Å². The van der Waals surface area contributed by atoms with Gasteiger partial charge in [-0.15, -0.1) is 0 Å². The molecule has 0 aliphatic carbocycles. The Hall–Kier alpha value is -1.67. The van der Waals surface area contributed by atoms with Crippen molar-refractivity contribution in [2.75, 3.05) is 19.3 Å². The summed E-state index contributed by atoms with van der Waals surface area (Å²) >= 11 is 0. The first-order chi connectivity index (χ1) is 10.9. The van der Waals surface area contributed by atoms with Crippen LogP contribution in [0.15, 0.2) is 23.5 Å². The molecule has 126 valence electrons. The SMILES string of the molecule is Cn1ccnc1CN1CCC[C@H](Cc2[nH]ncc2S(C)(=O)=O)C1. The highest BCUT2D eigenvalue weighted by Crippen LogP contribution is 2.24. The number of nitrogens with one attached hydrogen (secondary N) is 1. The van der Waals surface area contributed by atoms with Crippen molar-refractivity contribution < 1.29 is 8.42 Å². The molecule has 1 saturated heterocycles. The Morgan fingerprint density at radius 3 is 2.96 bits per heavy atom. The lowest BCUT2D eigenvalue weighted by atomic mass is 9.93. The summed E-state index contributed by atoms with van der Waals surface area (Å²) < 4.78 is 25.6. The summed E-state index contributed by atoms with van der Waals surface area (Å²) in [5.41, 5.74) is 0.733. The van der Waals surface area contributed by atoms with Gasteiger partial charge in [0.2, 0.25) is 0 Å². The third kappa shape index (κ3) is 3.81. The van der Waals surface area contributed by atoms with Gasteiger partial charge in [-0.1, -0.05) is 0 Å². The lowest BCUT2D eigenvalue weighted by Crippen LogP contribution is -2.36. The lowest BCUT2D eigenvalue weighted by molar-refractivity contribution is 0.161. The van der Waals surface area contributed by atoms with Crippen molar-refractivity contribution >= 4 is 9.84 Å². The second-order valence-corrected chi connectivity index (χ2v) is 8.37. The minimum Gasteiger partial charge on any atom is -0.337 e. The molecule has 1 fully saturated rings. The van der Waals surface area contributed by atoms with Crippen LogP contribution in [0.5, 0.6) is 0 Å². The summed E-state index contributed by atoms with van der Waals surface area (Å²) in [4.78, 5) is 7.11. The van der Waals surface area contributed by atoms with Gasteiger partial charge in [0.25, 0.3) is 0 Å². The molecule has 0 unspecified atom stereocenters. The van der Waals surface area contributed by atoms with Crippen molar-refractivity contribution in [1.82, 2.24) is 24.6 Å². The zero-order valence-corrected chi connectivity index (χ0v) is 14.4. The smallest absolute Gasteiger partial charge is 0.178 e. The number of aromatic amines is 1. The van der Waals surface area contributed by atoms with Gasteiger partial charge in [0.15, 0.2) is 9.84 Å². The van der Waals surface area contributed by atoms with E-state index in [1.54, 1.807) is 0 Å². The number of aryl methyl sites for hydroxylation is 1. The summed E-state index contributed by atoms with van der Waals surface area (Å²) in [7, 11) is -1.22. The van der Waals surface area contributed by atoms with E-state index in [-0.39, 0.29) is 0 Å². The fourth-order valence-corrected chi connectivity index (χ4v) is 4.09. The van der Waals surface area contributed by atoms with Crippen LogP contribution in [0, 0.1) is 5.92 Å². The number of H-pyrrole nitrogens is 1. The molecule has 1 aliphatic rings. The molecular formula is C15H23N5O2S. The molecule has 3 heterocycles. The largest absolute Gasteiger partial charge is 0.337 e. The van der Waals surface area contributed by atoms with Gasteiger partial charge in [0.1, 0.15) is 10.7 Å². The molecule has 2 aromatic rings. The van der Waals surface area contributed by atoms with Gasteiger partial charge >= 0.3 is 0 Å². The van der Waals surface area contributed by atoms with Crippen molar-refractivity contribution in [3.63, 3.8) is 0 Å². The Morgan fingerprint density at radius 2 is 2.26 bits per heavy atom.